The van der Waals surface area contributed by atoms with E-state index in [-0.39, 0.29) is 12.6 Å². The van der Waals surface area contributed by atoms with E-state index in [1.165, 1.54) is 12.3 Å². The largest absolute Gasteiger partial charge is 0.447 e. The fourth-order valence-corrected chi connectivity index (χ4v) is 2.97. The van der Waals surface area contributed by atoms with Crippen LogP contribution in [0.5, 0.6) is 5.75 Å². The van der Waals surface area contributed by atoms with Crippen LogP contribution in [0.15, 0.2) is 24.4 Å². The van der Waals surface area contributed by atoms with Gasteiger partial charge < -0.3 is 9.47 Å². The van der Waals surface area contributed by atoms with Gasteiger partial charge in [0.2, 0.25) is 0 Å². The monoisotopic (exact) mass is 351 g/mol. The second kappa shape index (κ2) is 5.91. The van der Waals surface area contributed by atoms with E-state index in [1.54, 1.807) is 4.90 Å². The van der Waals surface area contributed by atoms with E-state index in [9.17, 15) is 18.0 Å². The summed E-state index contributed by atoms with van der Waals surface area (Å²) in [7, 11) is 0. The smallest absolute Gasteiger partial charge is 0.410 e. The van der Waals surface area contributed by atoms with Crippen molar-refractivity contribution in [2.24, 2.45) is 0 Å². The number of hydrogen-bond donors (Lipinski definition) is 0. The van der Waals surface area contributed by atoms with Crippen LogP contribution in [0.25, 0.3) is 11.3 Å². The molecule has 1 amide bonds. The molecule has 2 aliphatic rings. The summed E-state index contributed by atoms with van der Waals surface area (Å²) in [4.78, 5) is 22.1. The van der Waals surface area contributed by atoms with Gasteiger partial charge in [-0.05, 0) is 18.2 Å². The molecule has 4 rings (SSSR count). The predicted octanol–water partition coefficient (Wildman–Crippen LogP) is 2.76. The topological polar surface area (TPSA) is 64.5 Å². The molecular formula is C16H12F3N3O3. The number of cyclic esters (lactones) is 1. The Morgan fingerprint density at radius 3 is 2.96 bits per heavy atom. The summed E-state index contributed by atoms with van der Waals surface area (Å²) in [5.41, 5.74) is 2.13. The highest BCUT2D eigenvalue weighted by Gasteiger charge is 2.38. The van der Waals surface area contributed by atoms with Crippen LogP contribution in [0.1, 0.15) is 11.4 Å². The number of halogens is 3. The van der Waals surface area contributed by atoms with Crippen molar-refractivity contribution in [1.29, 1.82) is 0 Å². The van der Waals surface area contributed by atoms with Gasteiger partial charge in [0, 0.05) is 12.0 Å². The number of nitrogens with zero attached hydrogens (tertiary/aromatic N) is 3. The maximum Gasteiger partial charge on any atom is 0.410 e. The van der Waals surface area contributed by atoms with Gasteiger partial charge in [0.05, 0.1) is 35.9 Å². The van der Waals surface area contributed by atoms with Crippen LogP contribution in [0.4, 0.5) is 18.0 Å². The molecule has 130 valence electrons. The van der Waals surface area contributed by atoms with Crippen LogP contribution in [0.3, 0.4) is 0 Å². The lowest BCUT2D eigenvalue weighted by Crippen LogP contribution is -2.39. The number of alkyl halides is 2. The Morgan fingerprint density at radius 1 is 1.32 bits per heavy atom. The molecule has 0 saturated carbocycles. The molecule has 6 nitrogen and oxygen atoms in total. The highest BCUT2D eigenvalue weighted by Crippen LogP contribution is 2.30. The van der Waals surface area contributed by atoms with Gasteiger partial charge in [0.25, 0.3) is 0 Å². The fraction of sp³-hybridized carbons (Fsp3) is 0.312. The van der Waals surface area contributed by atoms with E-state index in [4.69, 9.17) is 4.74 Å². The van der Waals surface area contributed by atoms with Crippen LogP contribution in [-0.2, 0) is 17.7 Å². The van der Waals surface area contributed by atoms with Gasteiger partial charge in [0.1, 0.15) is 6.61 Å². The quantitative estimate of drug-likeness (QED) is 0.851. The van der Waals surface area contributed by atoms with Crippen LogP contribution in [-0.4, -0.2) is 40.2 Å². The highest BCUT2D eigenvalue weighted by molar-refractivity contribution is 5.70. The number of carbonyl (C=O) groups is 1. The van der Waals surface area contributed by atoms with Crippen molar-refractivity contribution in [2.45, 2.75) is 25.6 Å². The minimum atomic E-state index is -3.13. The first kappa shape index (κ1) is 15.7. The van der Waals surface area contributed by atoms with Crippen LogP contribution in [0, 0.1) is 5.82 Å². The first-order chi connectivity index (χ1) is 12.0. The highest BCUT2D eigenvalue weighted by atomic mass is 19.3. The number of aromatic nitrogens is 2. The molecule has 0 aliphatic carbocycles. The number of hydrogen-bond acceptors (Lipinski definition) is 5. The second-order valence-electron chi connectivity index (χ2n) is 5.74. The molecular weight excluding hydrogens is 339 g/mol. The number of benzene rings is 1. The summed E-state index contributed by atoms with van der Waals surface area (Å²) in [6.07, 6.45) is 1.64. The van der Waals surface area contributed by atoms with E-state index in [0.29, 0.717) is 30.0 Å². The van der Waals surface area contributed by atoms with Crippen molar-refractivity contribution in [2.75, 3.05) is 6.61 Å². The zero-order valence-corrected chi connectivity index (χ0v) is 12.8. The lowest BCUT2D eigenvalue weighted by atomic mass is 10.0. The number of rotatable bonds is 3. The van der Waals surface area contributed by atoms with Gasteiger partial charge >= 0.3 is 12.7 Å². The molecule has 0 unspecified atom stereocenters. The summed E-state index contributed by atoms with van der Waals surface area (Å²) in [6.45, 7) is -2.53. The third-order valence-electron chi connectivity index (χ3n) is 4.20. The molecule has 1 saturated heterocycles. The summed E-state index contributed by atoms with van der Waals surface area (Å²) in [6, 6.07) is 3.53. The number of carbonyl (C=O) groups excluding carboxylic acids is 1. The van der Waals surface area contributed by atoms with E-state index in [1.807, 2.05) is 0 Å². The maximum atomic E-state index is 13.6. The van der Waals surface area contributed by atoms with Crippen molar-refractivity contribution in [3.8, 4) is 17.0 Å². The Morgan fingerprint density at radius 2 is 2.16 bits per heavy atom. The lowest BCUT2D eigenvalue weighted by Gasteiger charge is -2.27. The Kier molecular flexibility index (Phi) is 3.70. The SMILES string of the molecule is O=C1OC[C@H]2Cc3ncc(-c4ccc(F)c(OC(F)F)c4)nc3CN12. The Labute approximate surface area is 140 Å². The molecule has 3 heterocycles. The molecule has 0 spiro atoms. The molecule has 1 atom stereocenters. The first-order valence-corrected chi connectivity index (χ1v) is 7.54. The molecule has 2 aliphatic heterocycles. The van der Waals surface area contributed by atoms with Crippen LogP contribution >= 0.6 is 0 Å². The molecule has 0 N–H and O–H groups in total. The average molecular weight is 351 g/mol. The maximum absolute atomic E-state index is 13.6. The minimum Gasteiger partial charge on any atom is -0.447 e. The normalized spacial score (nSPS) is 18.8. The number of fused-ring (bicyclic) bond motifs is 2. The molecule has 25 heavy (non-hydrogen) atoms. The predicted molar refractivity (Wildman–Crippen MR) is 78.4 cm³/mol. The van der Waals surface area contributed by atoms with Gasteiger partial charge in [-0.15, -0.1) is 0 Å². The third kappa shape index (κ3) is 2.86. The molecule has 1 aromatic carbocycles. The minimum absolute atomic E-state index is 0.0444. The van der Waals surface area contributed by atoms with Crippen LogP contribution in [0.2, 0.25) is 0 Å². The van der Waals surface area contributed by atoms with Gasteiger partial charge in [0.15, 0.2) is 11.6 Å². The molecule has 9 heteroatoms. The van der Waals surface area contributed by atoms with Gasteiger partial charge in [-0.2, -0.15) is 8.78 Å². The summed E-state index contributed by atoms with van der Waals surface area (Å²) >= 11 is 0. The number of ether oxygens (including phenoxy) is 2. The fourth-order valence-electron chi connectivity index (χ4n) is 2.97. The van der Waals surface area contributed by atoms with Gasteiger partial charge in [-0.3, -0.25) is 9.88 Å². The zero-order valence-electron chi connectivity index (χ0n) is 12.8. The summed E-state index contributed by atoms with van der Waals surface area (Å²) in [5.74, 6) is -1.45. The van der Waals surface area contributed by atoms with Crippen molar-refractivity contribution in [3.63, 3.8) is 0 Å². The van der Waals surface area contributed by atoms with Gasteiger partial charge in [-0.1, -0.05) is 0 Å². The molecule has 0 bridgehead atoms. The Bertz CT molecular complexity index is 847. The molecule has 0 radical (unpaired) electrons. The standard InChI is InChI=1S/C16H12F3N3O3/c17-10-2-1-8(3-14(10)25-15(18)19)12-5-20-11-4-9-7-24-16(23)22(9)6-13(11)21-12/h1-3,5,9,15H,4,6-7H2/t9-/m1/s1. The first-order valence-electron chi connectivity index (χ1n) is 7.54. The van der Waals surface area contributed by atoms with E-state index < -0.39 is 24.3 Å². The zero-order chi connectivity index (χ0) is 17.6. The van der Waals surface area contributed by atoms with Crippen LogP contribution < -0.4 is 4.74 Å². The van der Waals surface area contributed by atoms with E-state index in [2.05, 4.69) is 14.7 Å². The molecule has 1 fully saturated rings. The average Bonchev–Trinajstić information content (AvgIpc) is 2.94. The van der Waals surface area contributed by atoms with E-state index in [0.717, 1.165) is 17.8 Å². The van der Waals surface area contributed by atoms with Crippen molar-refractivity contribution >= 4 is 6.09 Å². The molecule has 2 aromatic rings. The second-order valence-corrected chi connectivity index (χ2v) is 5.74. The lowest BCUT2D eigenvalue weighted by molar-refractivity contribution is -0.0521. The summed E-state index contributed by atoms with van der Waals surface area (Å²) in [5, 5.41) is 0. The summed E-state index contributed by atoms with van der Waals surface area (Å²) < 4.78 is 47.4. The Balaban J connectivity index is 1.67. The molecule has 1 aromatic heterocycles. The van der Waals surface area contributed by atoms with Crippen molar-refractivity contribution < 1.29 is 27.4 Å². The van der Waals surface area contributed by atoms with Crippen molar-refractivity contribution in [3.05, 3.63) is 41.6 Å². The van der Waals surface area contributed by atoms with E-state index >= 15 is 0 Å². The van der Waals surface area contributed by atoms with Crippen molar-refractivity contribution in [1.82, 2.24) is 14.9 Å². The third-order valence-corrected chi connectivity index (χ3v) is 4.20. The Hall–Kier alpha value is -2.84. The van der Waals surface area contributed by atoms with Gasteiger partial charge in [-0.25, -0.2) is 14.2 Å². The number of amides is 1.